The fraction of sp³-hybridized carbons (Fsp3) is 0.583. The van der Waals surface area contributed by atoms with Gasteiger partial charge in [-0.25, -0.2) is 0 Å². The van der Waals surface area contributed by atoms with Gasteiger partial charge in [0, 0.05) is 56.9 Å². The summed E-state index contributed by atoms with van der Waals surface area (Å²) in [4.78, 5) is 13.7. The SMILES string of the molecule is CC(C)N(CCNc1cc(NC2CCN(Cc3ccccc3)CC2)nc(N)n1)C(C)C. The molecule has 1 aliphatic heterocycles. The Labute approximate surface area is 187 Å². The van der Waals surface area contributed by atoms with E-state index in [-0.39, 0.29) is 0 Å². The third-order valence-electron chi connectivity index (χ3n) is 5.93. The maximum Gasteiger partial charge on any atom is 0.223 e. The van der Waals surface area contributed by atoms with Crippen molar-refractivity contribution >= 4 is 17.6 Å². The molecule has 1 aromatic carbocycles. The Bertz CT molecular complexity index is 778. The van der Waals surface area contributed by atoms with Gasteiger partial charge in [-0.1, -0.05) is 30.3 Å². The fourth-order valence-corrected chi connectivity index (χ4v) is 4.34. The molecule has 0 bridgehead atoms. The minimum Gasteiger partial charge on any atom is -0.369 e. The van der Waals surface area contributed by atoms with E-state index in [1.807, 2.05) is 6.07 Å². The average molecular weight is 426 g/mol. The summed E-state index contributed by atoms with van der Waals surface area (Å²) in [6.07, 6.45) is 2.19. The number of benzene rings is 1. The molecule has 0 spiro atoms. The molecule has 7 nitrogen and oxygen atoms in total. The quantitative estimate of drug-likeness (QED) is 0.536. The van der Waals surface area contributed by atoms with Crippen molar-refractivity contribution in [2.45, 2.75) is 65.2 Å². The van der Waals surface area contributed by atoms with E-state index in [0.29, 0.717) is 24.1 Å². The lowest BCUT2D eigenvalue weighted by Gasteiger charge is -2.32. The molecule has 1 saturated heterocycles. The summed E-state index contributed by atoms with van der Waals surface area (Å²) in [6, 6.07) is 14.1. The van der Waals surface area contributed by atoms with Crippen molar-refractivity contribution < 1.29 is 0 Å². The predicted molar refractivity (Wildman–Crippen MR) is 130 cm³/mol. The Morgan fingerprint density at radius 3 is 2.32 bits per heavy atom. The normalized spacial score (nSPS) is 15.7. The summed E-state index contributed by atoms with van der Waals surface area (Å²) >= 11 is 0. The number of hydrogen-bond acceptors (Lipinski definition) is 7. The molecule has 0 atom stereocenters. The van der Waals surface area contributed by atoms with E-state index in [2.05, 4.69) is 88.4 Å². The number of piperidine rings is 1. The fourth-order valence-electron chi connectivity index (χ4n) is 4.34. The largest absolute Gasteiger partial charge is 0.369 e. The molecule has 1 aromatic heterocycles. The van der Waals surface area contributed by atoms with Crippen molar-refractivity contribution in [3.05, 3.63) is 42.0 Å². The minimum absolute atomic E-state index is 0.304. The lowest BCUT2D eigenvalue weighted by molar-refractivity contribution is 0.182. The van der Waals surface area contributed by atoms with E-state index >= 15 is 0 Å². The first-order chi connectivity index (χ1) is 14.9. The van der Waals surface area contributed by atoms with Gasteiger partial charge >= 0.3 is 0 Å². The molecule has 3 rings (SSSR count). The van der Waals surface area contributed by atoms with Gasteiger partial charge in [0.05, 0.1) is 0 Å². The summed E-state index contributed by atoms with van der Waals surface area (Å²) in [5, 5.41) is 6.99. The average Bonchev–Trinajstić information content (AvgIpc) is 2.72. The summed E-state index contributed by atoms with van der Waals surface area (Å²) in [5.41, 5.74) is 7.36. The molecule has 170 valence electrons. The first kappa shape index (κ1) is 23.3. The van der Waals surface area contributed by atoms with Crippen LogP contribution in [0, 0.1) is 0 Å². The van der Waals surface area contributed by atoms with Gasteiger partial charge in [-0.3, -0.25) is 9.80 Å². The van der Waals surface area contributed by atoms with Gasteiger partial charge in [-0.05, 0) is 46.1 Å². The molecule has 4 N–H and O–H groups in total. The lowest BCUT2D eigenvalue weighted by atomic mass is 10.0. The van der Waals surface area contributed by atoms with Crippen LogP contribution in [-0.2, 0) is 6.54 Å². The van der Waals surface area contributed by atoms with Crippen LogP contribution in [0.15, 0.2) is 36.4 Å². The topological polar surface area (TPSA) is 82.3 Å². The van der Waals surface area contributed by atoms with Gasteiger partial charge in [0.15, 0.2) is 0 Å². The number of rotatable bonds is 10. The van der Waals surface area contributed by atoms with E-state index in [0.717, 1.165) is 57.2 Å². The molecular weight excluding hydrogens is 386 g/mol. The van der Waals surface area contributed by atoms with Crippen LogP contribution < -0.4 is 16.4 Å². The molecule has 0 radical (unpaired) electrons. The standard InChI is InChI=1S/C24H39N7/c1-18(2)31(19(3)4)15-12-26-22-16-23(29-24(25)28-22)27-21-10-13-30(14-11-21)17-20-8-6-5-7-9-20/h5-9,16,18-19,21H,10-15,17H2,1-4H3,(H4,25,26,27,28,29). The molecule has 1 aliphatic rings. The van der Waals surface area contributed by atoms with Crippen molar-refractivity contribution in [3.63, 3.8) is 0 Å². The Morgan fingerprint density at radius 1 is 1.03 bits per heavy atom. The van der Waals surface area contributed by atoms with E-state index in [4.69, 9.17) is 5.73 Å². The van der Waals surface area contributed by atoms with Crippen LogP contribution in [0.4, 0.5) is 17.6 Å². The Kier molecular flexibility index (Phi) is 8.49. The van der Waals surface area contributed by atoms with Crippen LogP contribution in [0.3, 0.4) is 0 Å². The highest BCUT2D eigenvalue weighted by molar-refractivity contribution is 5.51. The minimum atomic E-state index is 0.304. The van der Waals surface area contributed by atoms with E-state index in [9.17, 15) is 0 Å². The molecule has 1 fully saturated rings. The highest BCUT2D eigenvalue weighted by Crippen LogP contribution is 2.19. The third-order valence-corrected chi connectivity index (χ3v) is 5.93. The van der Waals surface area contributed by atoms with E-state index < -0.39 is 0 Å². The van der Waals surface area contributed by atoms with Crippen molar-refractivity contribution in [3.8, 4) is 0 Å². The van der Waals surface area contributed by atoms with Gasteiger partial charge < -0.3 is 16.4 Å². The van der Waals surface area contributed by atoms with Crippen molar-refractivity contribution in [1.29, 1.82) is 0 Å². The summed E-state index contributed by atoms with van der Waals surface area (Å²) < 4.78 is 0. The number of likely N-dealkylation sites (tertiary alicyclic amines) is 1. The zero-order valence-corrected chi connectivity index (χ0v) is 19.5. The molecule has 31 heavy (non-hydrogen) atoms. The molecule has 2 heterocycles. The molecule has 2 aromatic rings. The van der Waals surface area contributed by atoms with Gasteiger partial charge in [0.25, 0.3) is 0 Å². The van der Waals surface area contributed by atoms with Gasteiger partial charge in [-0.2, -0.15) is 9.97 Å². The van der Waals surface area contributed by atoms with Crippen molar-refractivity contribution in [2.24, 2.45) is 0 Å². The van der Waals surface area contributed by atoms with Crippen LogP contribution >= 0.6 is 0 Å². The van der Waals surface area contributed by atoms with Crippen LogP contribution in [-0.4, -0.2) is 64.1 Å². The monoisotopic (exact) mass is 425 g/mol. The maximum absolute atomic E-state index is 5.98. The van der Waals surface area contributed by atoms with E-state index in [1.165, 1.54) is 5.56 Å². The smallest absolute Gasteiger partial charge is 0.223 e. The summed E-state index contributed by atoms with van der Waals surface area (Å²) in [6.45, 7) is 13.9. The number of nitrogens with one attached hydrogen (secondary N) is 2. The molecule has 0 unspecified atom stereocenters. The number of aromatic nitrogens is 2. The van der Waals surface area contributed by atoms with Crippen molar-refractivity contribution in [2.75, 3.05) is 42.5 Å². The van der Waals surface area contributed by atoms with Gasteiger partial charge in [0.2, 0.25) is 5.95 Å². The predicted octanol–water partition coefficient (Wildman–Crippen LogP) is 3.67. The Balaban J connectivity index is 1.48. The highest BCUT2D eigenvalue weighted by Gasteiger charge is 2.20. The highest BCUT2D eigenvalue weighted by atomic mass is 15.2. The first-order valence-electron chi connectivity index (χ1n) is 11.6. The molecular formula is C24H39N7. The number of nitrogens with zero attached hydrogens (tertiary/aromatic N) is 4. The second kappa shape index (κ2) is 11.3. The number of anilines is 3. The van der Waals surface area contributed by atoms with Crippen molar-refractivity contribution in [1.82, 2.24) is 19.8 Å². The molecule has 0 amide bonds. The molecule has 0 saturated carbocycles. The van der Waals surface area contributed by atoms with Crippen LogP contribution in [0.25, 0.3) is 0 Å². The molecule has 7 heteroatoms. The van der Waals surface area contributed by atoms with Crippen LogP contribution in [0.2, 0.25) is 0 Å². The maximum atomic E-state index is 5.98. The second-order valence-electron chi connectivity index (χ2n) is 9.03. The lowest BCUT2D eigenvalue weighted by Crippen LogP contribution is -2.40. The summed E-state index contributed by atoms with van der Waals surface area (Å²) in [7, 11) is 0. The number of hydrogen-bond donors (Lipinski definition) is 3. The third kappa shape index (κ3) is 7.36. The number of nitrogen functional groups attached to an aromatic ring is 1. The Morgan fingerprint density at radius 2 is 1.68 bits per heavy atom. The van der Waals surface area contributed by atoms with E-state index in [1.54, 1.807) is 0 Å². The second-order valence-corrected chi connectivity index (χ2v) is 9.03. The Hall–Kier alpha value is -2.38. The first-order valence-corrected chi connectivity index (χ1v) is 11.6. The summed E-state index contributed by atoms with van der Waals surface area (Å²) in [5.74, 6) is 1.89. The number of nitrogens with two attached hydrogens (primary N) is 1. The van der Waals surface area contributed by atoms with Crippen LogP contribution in [0.5, 0.6) is 0 Å². The zero-order valence-electron chi connectivity index (χ0n) is 19.5. The zero-order chi connectivity index (χ0) is 22.2. The molecule has 0 aliphatic carbocycles. The van der Waals surface area contributed by atoms with Gasteiger partial charge in [0.1, 0.15) is 11.6 Å². The van der Waals surface area contributed by atoms with Gasteiger partial charge in [-0.15, -0.1) is 0 Å². The van der Waals surface area contributed by atoms with Crippen LogP contribution in [0.1, 0.15) is 46.1 Å².